The summed E-state index contributed by atoms with van der Waals surface area (Å²) in [6.07, 6.45) is 0. The molecule has 0 bridgehead atoms. The van der Waals surface area contributed by atoms with E-state index in [9.17, 15) is 0 Å². The standard InChI is InChI=1S/C24H25NP2.C14H16N2.2ClH.Ru/c1-26(2)21-15-13-17-9-5-7-11-19(17)23(21)25-24-20-12-8-6-10-18(20)14-16-22(24)27(3)4;15-13(11-7-3-1-4-8-11)14(16)12-9-5-2-6-10-12;;;/h5-16,25H,1-4H3;1-10,13-14H,15-16H2;2*1H;/q;;;;+4. The van der Waals surface area contributed by atoms with Crippen molar-refractivity contribution in [3.63, 3.8) is 0 Å². The van der Waals surface area contributed by atoms with Gasteiger partial charge in [-0.3, -0.25) is 0 Å². The SMILES string of the molecule is C[PH+](C)c1ccc2ccccc2c1Nc1c([PH+](C)C)ccc2ccccc12.NC(c1ccccc1)C(N)c1ccccc1.[Cl][Ru+2][Cl]. The summed E-state index contributed by atoms with van der Waals surface area (Å²) in [7, 11) is 8.53. The first kappa shape index (κ1) is 36.5. The molecule has 6 aromatic carbocycles. The van der Waals surface area contributed by atoms with E-state index in [0.717, 1.165) is 11.1 Å². The summed E-state index contributed by atoms with van der Waals surface area (Å²) in [6.45, 7) is 9.50. The van der Waals surface area contributed by atoms with E-state index in [1.54, 1.807) is 0 Å². The van der Waals surface area contributed by atoms with Crippen molar-refractivity contribution in [3.8, 4) is 0 Å². The number of nitrogens with two attached hydrogens (primary N) is 2. The third-order valence-corrected chi connectivity index (χ3v) is 10.9. The van der Waals surface area contributed by atoms with Crippen LogP contribution in [-0.2, 0) is 15.1 Å². The van der Waals surface area contributed by atoms with Crippen molar-refractivity contribution < 1.29 is 15.1 Å². The zero-order valence-corrected chi connectivity index (χ0v) is 31.9. The van der Waals surface area contributed by atoms with Gasteiger partial charge < -0.3 is 16.8 Å². The van der Waals surface area contributed by atoms with E-state index in [4.69, 9.17) is 30.8 Å². The molecule has 0 spiro atoms. The van der Waals surface area contributed by atoms with E-state index in [1.807, 2.05) is 60.7 Å². The number of anilines is 2. The second-order valence-corrected chi connectivity index (χ2v) is 19.2. The third-order valence-electron chi connectivity index (χ3n) is 7.94. The molecule has 0 aliphatic carbocycles. The molecule has 0 aliphatic rings. The van der Waals surface area contributed by atoms with Gasteiger partial charge in [-0.25, -0.2) is 0 Å². The molecule has 46 heavy (non-hydrogen) atoms. The van der Waals surface area contributed by atoms with Gasteiger partial charge in [0.25, 0.3) is 0 Å². The first-order valence-electron chi connectivity index (χ1n) is 15.1. The van der Waals surface area contributed by atoms with E-state index in [1.165, 1.54) is 43.5 Å². The van der Waals surface area contributed by atoms with Crippen LogP contribution in [0.3, 0.4) is 0 Å². The van der Waals surface area contributed by atoms with E-state index in [0.29, 0.717) is 0 Å². The van der Waals surface area contributed by atoms with Gasteiger partial charge in [0.15, 0.2) is 0 Å². The topological polar surface area (TPSA) is 64.1 Å². The number of rotatable bonds is 7. The molecule has 0 amide bonds. The molecular formula is C38H43Cl2N3P2Ru+4. The van der Waals surface area contributed by atoms with Crippen molar-refractivity contribution in [2.45, 2.75) is 12.1 Å². The van der Waals surface area contributed by atoms with Crippen LogP contribution >= 0.6 is 35.2 Å². The van der Waals surface area contributed by atoms with E-state index in [-0.39, 0.29) is 27.2 Å². The fraction of sp³-hybridized carbons (Fsp3) is 0.158. The Morgan fingerprint density at radius 3 is 1.17 bits per heavy atom. The van der Waals surface area contributed by atoms with Gasteiger partial charge in [0.2, 0.25) is 0 Å². The van der Waals surface area contributed by atoms with Crippen molar-refractivity contribution in [1.82, 2.24) is 0 Å². The maximum atomic E-state index is 6.15. The Hall–Kier alpha value is -2.38. The Labute approximate surface area is 292 Å². The van der Waals surface area contributed by atoms with Crippen molar-refractivity contribution in [3.05, 3.63) is 145 Å². The third kappa shape index (κ3) is 9.37. The van der Waals surface area contributed by atoms with Crippen LogP contribution in [0, 0.1) is 0 Å². The first-order valence-corrected chi connectivity index (χ1v) is 24.6. The molecule has 0 fully saturated rings. The molecule has 8 heteroatoms. The van der Waals surface area contributed by atoms with Crippen LogP contribution < -0.4 is 27.4 Å². The van der Waals surface area contributed by atoms with Gasteiger partial charge in [-0.05, 0) is 34.0 Å². The van der Waals surface area contributed by atoms with Crippen molar-refractivity contribution in [2.75, 3.05) is 32.0 Å². The van der Waals surface area contributed by atoms with Gasteiger partial charge in [-0.15, -0.1) is 0 Å². The summed E-state index contributed by atoms with van der Waals surface area (Å²) in [5.74, 6) is 0. The molecule has 5 N–H and O–H groups in total. The predicted molar refractivity (Wildman–Crippen MR) is 209 cm³/mol. The molecule has 0 radical (unpaired) electrons. The first-order chi connectivity index (χ1) is 22.3. The van der Waals surface area contributed by atoms with Crippen LogP contribution in [0.1, 0.15) is 23.2 Å². The molecule has 0 aliphatic heterocycles. The van der Waals surface area contributed by atoms with Gasteiger partial charge in [0, 0.05) is 38.7 Å². The molecule has 0 saturated carbocycles. The quantitative estimate of drug-likeness (QED) is 0.112. The van der Waals surface area contributed by atoms with Crippen molar-refractivity contribution in [2.24, 2.45) is 11.5 Å². The Balaban J connectivity index is 0.000000215. The second kappa shape index (κ2) is 18.2. The average Bonchev–Trinajstić information content (AvgIpc) is 3.09. The number of nitrogens with one attached hydrogen (secondary N) is 1. The van der Waals surface area contributed by atoms with Gasteiger partial charge in [-0.1, -0.05) is 121 Å². The number of hydrogen-bond donors (Lipinski definition) is 3. The fourth-order valence-corrected chi connectivity index (χ4v) is 7.76. The predicted octanol–water partition coefficient (Wildman–Crippen LogP) is 9.70. The van der Waals surface area contributed by atoms with Crippen molar-refractivity contribution in [1.29, 1.82) is 0 Å². The van der Waals surface area contributed by atoms with Gasteiger partial charge >= 0.3 is 34.5 Å². The normalized spacial score (nSPS) is 12.2. The number of benzene rings is 6. The average molecular weight is 776 g/mol. The number of fused-ring (bicyclic) bond motifs is 2. The van der Waals surface area contributed by atoms with E-state index < -0.39 is 15.8 Å². The Morgan fingerprint density at radius 1 is 0.500 bits per heavy atom. The van der Waals surface area contributed by atoms with Gasteiger partial charge in [0.1, 0.15) is 10.6 Å². The summed E-state index contributed by atoms with van der Waals surface area (Å²) in [4.78, 5) is 0. The number of halogens is 2. The van der Waals surface area contributed by atoms with E-state index >= 15 is 0 Å². The van der Waals surface area contributed by atoms with Crippen molar-refractivity contribution >= 4 is 78.8 Å². The molecule has 0 saturated heterocycles. The molecule has 2 atom stereocenters. The molecule has 6 rings (SSSR count). The Morgan fingerprint density at radius 2 is 0.826 bits per heavy atom. The summed E-state index contributed by atoms with van der Waals surface area (Å²) in [5.41, 5.74) is 17.0. The molecule has 0 aromatic heterocycles. The monoisotopic (exact) mass is 775 g/mol. The minimum absolute atomic E-state index is 0.163. The van der Waals surface area contributed by atoms with Crippen LogP contribution in [0.25, 0.3) is 21.5 Å². The van der Waals surface area contributed by atoms with Gasteiger partial charge in [-0.2, -0.15) is 0 Å². The van der Waals surface area contributed by atoms with Crippen LogP contribution in [-0.4, -0.2) is 26.7 Å². The summed E-state index contributed by atoms with van der Waals surface area (Å²) in [5, 5.41) is 12.1. The molecule has 3 nitrogen and oxygen atoms in total. The summed E-state index contributed by atoms with van der Waals surface area (Å²) in [6, 6.07) is 46.2. The minimum atomic E-state index is -0.591. The maximum absolute atomic E-state index is 6.15. The molecule has 238 valence electrons. The summed E-state index contributed by atoms with van der Waals surface area (Å²) >= 11 is -0.346. The van der Waals surface area contributed by atoms with Gasteiger partial charge in [0.05, 0.1) is 38.0 Å². The molecule has 2 unspecified atom stereocenters. The fourth-order valence-electron chi connectivity index (χ4n) is 5.54. The van der Waals surface area contributed by atoms with Crippen LogP contribution in [0.5, 0.6) is 0 Å². The summed E-state index contributed by atoms with van der Waals surface area (Å²) < 4.78 is 0. The zero-order chi connectivity index (χ0) is 33.1. The Bertz CT molecular complexity index is 1690. The van der Waals surface area contributed by atoms with Crippen LogP contribution in [0.4, 0.5) is 11.4 Å². The molecular weight excluding hydrogens is 732 g/mol. The van der Waals surface area contributed by atoms with Crippen LogP contribution in [0.15, 0.2) is 133 Å². The number of hydrogen-bond acceptors (Lipinski definition) is 3. The van der Waals surface area contributed by atoms with E-state index in [2.05, 4.69) is 105 Å². The zero-order valence-electron chi connectivity index (χ0n) is 26.6. The van der Waals surface area contributed by atoms with Crippen LogP contribution in [0.2, 0.25) is 0 Å². The second-order valence-electron chi connectivity index (χ2n) is 11.5. The molecule has 0 heterocycles. The Kier molecular flexibility index (Phi) is 14.5. The molecule has 6 aromatic rings.